The smallest absolute Gasteiger partial charge is 0.252 e. The lowest BCUT2D eigenvalue weighted by molar-refractivity contribution is 0.0927. The van der Waals surface area contributed by atoms with Crippen LogP contribution in [0.4, 0.5) is 0 Å². The first-order valence-electron chi connectivity index (χ1n) is 7.97. The SMILES string of the molecule is CCc1nc2ccc(C(=O)NC3CCCCC3)cn2c1C. The number of fused-ring (bicyclic) bond motifs is 1. The maximum atomic E-state index is 12.4. The Morgan fingerprint density at radius 1 is 1.33 bits per heavy atom. The Hall–Kier alpha value is -1.84. The summed E-state index contributed by atoms with van der Waals surface area (Å²) in [4.78, 5) is 17.0. The predicted molar refractivity (Wildman–Crippen MR) is 83.6 cm³/mol. The average molecular weight is 285 g/mol. The van der Waals surface area contributed by atoms with Crippen LogP contribution in [0.5, 0.6) is 0 Å². The fourth-order valence-electron chi connectivity index (χ4n) is 3.20. The van der Waals surface area contributed by atoms with Crippen molar-refractivity contribution in [2.75, 3.05) is 0 Å². The van der Waals surface area contributed by atoms with Crippen LogP contribution in [0.2, 0.25) is 0 Å². The number of nitrogens with one attached hydrogen (secondary N) is 1. The summed E-state index contributed by atoms with van der Waals surface area (Å²) in [5, 5.41) is 3.17. The second-order valence-electron chi connectivity index (χ2n) is 5.95. The van der Waals surface area contributed by atoms with Crippen LogP contribution in [0.3, 0.4) is 0 Å². The molecule has 2 aromatic rings. The first kappa shape index (κ1) is 14.1. The van der Waals surface area contributed by atoms with Gasteiger partial charge >= 0.3 is 0 Å². The topological polar surface area (TPSA) is 46.4 Å². The van der Waals surface area contributed by atoms with E-state index in [0.29, 0.717) is 6.04 Å². The van der Waals surface area contributed by atoms with Gasteiger partial charge in [-0.25, -0.2) is 4.98 Å². The number of carbonyl (C=O) groups is 1. The van der Waals surface area contributed by atoms with Gasteiger partial charge in [-0.05, 0) is 38.3 Å². The molecule has 3 rings (SSSR count). The fourth-order valence-corrected chi connectivity index (χ4v) is 3.20. The first-order valence-corrected chi connectivity index (χ1v) is 7.97. The molecule has 1 fully saturated rings. The Labute approximate surface area is 125 Å². The van der Waals surface area contributed by atoms with Crippen molar-refractivity contribution in [1.82, 2.24) is 14.7 Å². The van der Waals surface area contributed by atoms with Gasteiger partial charge in [0.2, 0.25) is 0 Å². The standard InChI is InChI=1S/C17H23N3O/c1-3-15-12(2)20-11-13(9-10-16(20)19-15)17(21)18-14-7-5-4-6-8-14/h9-11,14H,3-8H2,1-2H3,(H,18,21). The number of aryl methyl sites for hydroxylation is 2. The highest BCUT2D eigenvalue weighted by atomic mass is 16.1. The van der Waals surface area contributed by atoms with Crippen LogP contribution >= 0.6 is 0 Å². The van der Waals surface area contributed by atoms with Crippen molar-refractivity contribution in [1.29, 1.82) is 0 Å². The molecule has 1 amide bonds. The number of amides is 1. The van der Waals surface area contributed by atoms with Gasteiger partial charge < -0.3 is 9.72 Å². The number of hydrogen-bond acceptors (Lipinski definition) is 2. The van der Waals surface area contributed by atoms with Crippen molar-refractivity contribution < 1.29 is 4.79 Å². The third-order valence-corrected chi connectivity index (χ3v) is 4.49. The van der Waals surface area contributed by atoms with Crippen molar-refractivity contribution in [3.8, 4) is 0 Å². The number of hydrogen-bond donors (Lipinski definition) is 1. The number of imidazole rings is 1. The van der Waals surface area contributed by atoms with E-state index in [0.717, 1.165) is 41.9 Å². The molecule has 0 radical (unpaired) electrons. The van der Waals surface area contributed by atoms with Gasteiger partial charge in [0, 0.05) is 17.9 Å². The van der Waals surface area contributed by atoms with E-state index in [1.807, 2.05) is 22.7 Å². The van der Waals surface area contributed by atoms with Gasteiger partial charge in [0.05, 0.1) is 11.3 Å². The molecule has 21 heavy (non-hydrogen) atoms. The Kier molecular flexibility index (Phi) is 3.95. The van der Waals surface area contributed by atoms with Crippen LogP contribution in [-0.2, 0) is 6.42 Å². The van der Waals surface area contributed by atoms with Crippen LogP contribution in [-0.4, -0.2) is 21.3 Å². The van der Waals surface area contributed by atoms with E-state index in [1.165, 1.54) is 19.3 Å². The maximum Gasteiger partial charge on any atom is 0.252 e. The minimum absolute atomic E-state index is 0.0370. The van der Waals surface area contributed by atoms with Gasteiger partial charge in [-0.2, -0.15) is 0 Å². The van der Waals surface area contributed by atoms with E-state index in [1.54, 1.807) is 0 Å². The molecule has 0 saturated heterocycles. The van der Waals surface area contributed by atoms with Crippen molar-refractivity contribution in [3.63, 3.8) is 0 Å². The highest BCUT2D eigenvalue weighted by Crippen LogP contribution is 2.18. The van der Waals surface area contributed by atoms with Crippen LogP contribution in [0.15, 0.2) is 18.3 Å². The monoisotopic (exact) mass is 285 g/mol. The molecule has 0 bridgehead atoms. The summed E-state index contributed by atoms with van der Waals surface area (Å²) < 4.78 is 2.02. The molecule has 4 nitrogen and oxygen atoms in total. The highest BCUT2D eigenvalue weighted by Gasteiger charge is 2.17. The summed E-state index contributed by atoms with van der Waals surface area (Å²) in [6, 6.07) is 4.15. The largest absolute Gasteiger partial charge is 0.349 e. The number of nitrogens with zero attached hydrogens (tertiary/aromatic N) is 2. The van der Waals surface area contributed by atoms with E-state index >= 15 is 0 Å². The van der Waals surface area contributed by atoms with E-state index < -0.39 is 0 Å². The molecule has 0 atom stereocenters. The molecule has 112 valence electrons. The van der Waals surface area contributed by atoms with Gasteiger partial charge in [-0.3, -0.25) is 4.79 Å². The molecule has 0 aromatic carbocycles. The molecular formula is C17H23N3O. The van der Waals surface area contributed by atoms with E-state index in [4.69, 9.17) is 0 Å². The fraction of sp³-hybridized carbons (Fsp3) is 0.529. The normalized spacial score (nSPS) is 16.3. The van der Waals surface area contributed by atoms with Crippen LogP contribution in [0.1, 0.15) is 60.8 Å². The van der Waals surface area contributed by atoms with E-state index in [-0.39, 0.29) is 5.91 Å². The quantitative estimate of drug-likeness (QED) is 0.940. The zero-order chi connectivity index (χ0) is 14.8. The van der Waals surface area contributed by atoms with E-state index in [9.17, 15) is 4.79 Å². The number of pyridine rings is 1. The summed E-state index contributed by atoms with van der Waals surface area (Å²) in [5.74, 6) is 0.0370. The molecule has 0 spiro atoms. The minimum Gasteiger partial charge on any atom is -0.349 e. The van der Waals surface area contributed by atoms with Gasteiger partial charge in [-0.1, -0.05) is 26.2 Å². The Morgan fingerprint density at radius 3 is 2.81 bits per heavy atom. The van der Waals surface area contributed by atoms with E-state index in [2.05, 4.69) is 24.1 Å². The Balaban J connectivity index is 1.82. The summed E-state index contributed by atoms with van der Waals surface area (Å²) >= 11 is 0. The van der Waals surface area contributed by atoms with Crippen molar-refractivity contribution in [2.45, 2.75) is 58.4 Å². The van der Waals surface area contributed by atoms with Gasteiger partial charge in [0.25, 0.3) is 5.91 Å². The van der Waals surface area contributed by atoms with Crippen LogP contribution in [0, 0.1) is 6.92 Å². The molecular weight excluding hydrogens is 262 g/mol. The molecule has 0 aliphatic heterocycles. The lowest BCUT2D eigenvalue weighted by Gasteiger charge is -2.22. The molecule has 4 heteroatoms. The summed E-state index contributed by atoms with van der Waals surface area (Å²) in [6.45, 7) is 4.16. The minimum atomic E-state index is 0.0370. The molecule has 1 aliphatic rings. The molecule has 0 unspecified atom stereocenters. The maximum absolute atomic E-state index is 12.4. The van der Waals surface area contributed by atoms with Crippen molar-refractivity contribution >= 4 is 11.6 Å². The van der Waals surface area contributed by atoms with Crippen molar-refractivity contribution in [3.05, 3.63) is 35.3 Å². The predicted octanol–water partition coefficient (Wildman–Crippen LogP) is 3.27. The summed E-state index contributed by atoms with van der Waals surface area (Å²) in [7, 11) is 0. The van der Waals surface area contributed by atoms with Gasteiger partial charge in [0.1, 0.15) is 5.65 Å². The molecule has 2 aromatic heterocycles. The van der Waals surface area contributed by atoms with Crippen LogP contribution < -0.4 is 5.32 Å². The second-order valence-corrected chi connectivity index (χ2v) is 5.95. The van der Waals surface area contributed by atoms with Crippen molar-refractivity contribution in [2.24, 2.45) is 0 Å². The first-order chi connectivity index (χ1) is 10.2. The zero-order valence-corrected chi connectivity index (χ0v) is 12.9. The second kappa shape index (κ2) is 5.88. The summed E-state index contributed by atoms with van der Waals surface area (Å²) in [6.07, 6.45) is 8.80. The number of carbonyl (C=O) groups excluding carboxylic acids is 1. The Morgan fingerprint density at radius 2 is 2.10 bits per heavy atom. The third-order valence-electron chi connectivity index (χ3n) is 4.49. The molecule has 1 aliphatic carbocycles. The lowest BCUT2D eigenvalue weighted by atomic mass is 9.95. The molecule has 2 heterocycles. The number of rotatable bonds is 3. The third kappa shape index (κ3) is 2.80. The van der Waals surface area contributed by atoms with Crippen LogP contribution in [0.25, 0.3) is 5.65 Å². The molecule has 1 N–H and O–H groups in total. The lowest BCUT2D eigenvalue weighted by Crippen LogP contribution is -2.36. The Bertz CT molecular complexity index is 653. The zero-order valence-electron chi connectivity index (χ0n) is 12.9. The molecule has 1 saturated carbocycles. The average Bonchev–Trinajstić information content (AvgIpc) is 2.84. The summed E-state index contributed by atoms with van der Waals surface area (Å²) in [5.41, 5.74) is 3.86. The number of aromatic nitrogens is 2. The van der Waals surface area contributed by atoms with Gasteiger partial charge in [0.15, 0.2) is 0 Å². The van der Waals surface area contributed by atoms with Gasteiger partial charge in [-0.15, -0.1) is 0 Å². The highest BCUT2D eigenvalue weighted by molar-refractivity contribution is 5.94.